The van der Waals surface area contributed by atoms with Gasteiger partial charge in [0.25, 0.3) is 5.91 Å². The first-order valence-electron chi connectivity index (χ1n) is 13.2. The molecule has 1 atom stereocenters. The lowest BCUT2D eigenvalue weighted by Gasteiger charge is -2.14. The summed E-state index contributed by atoms with van der Waals surface area (Å²) in [6.45, 7) is 4.06. The maximum atomic E-state index is 12.9. The highest BCUT2D eigenvalue weighted by Gasteiger charge is 2.18. The van der Waals surface area contributed by atoms with Gasteiger partial charge in [0.2, 0.25) is 0 Å². The van der Waals surface area contributed by atoms with Crippen molar-refractivity contribution in [3.63, 3.8) is 0 Å². The van der Waals surface area contributed by atoms with Gasteiger partial charge in [-0.2, -0.15) is 5.10 Å². The smallest absolute Gasteiger partial charge is 0.358 e. The van der Waals surface area contributed by atoms with E-state index in [1.165, 1.54) is 5.56 Å². The Morgan fingerprint density at radius 1 is 0.872 bits per heavy atom. The summed E-state index contributed by atoms with van der Waals surface area (Å²) >= 11 is 0. The van der Waals surface area contributed by atoms with Crippen LogP contribution in [0.15, 0.2) is 103 Å². The Balaban J connectivity index is 1.37. The fourth-order valence-corrected chi connectivity index (χ4v) is 4.60. The molecule has 4 aromatic carbocycles. The van der Waals surface area contributed by atoms with Crippen molar-refractivity contribution in [1.82, 2.24) is 15.1 Å². The van der Waals surface area contributed by atoms with Gasteiger partial charge in [0.05, 0.1) is 18.0 Å². The second-order valence-corrected chi connectivity index (χ2v) is 9.55. The molecule has 6 heteroatoms. The highest BCUT2D eigenvalue weighted by molar-refractivity contribution is 5.95. The van der Waals surface area contributed by atoms with Crippen molar-refractivity contribution in [2.45, 2.75) is 32.7 Å². The van der Waals surface area contributed by atoms with E-state index in [2.05, 4.69) is 46.8 Å². The van der Waals surface area contributed by atoms with Crippen LogP contribution in [0.3, 0.4) is 0 Å². The van der Waals surface area contributed by atoms with Crippen LogP contribution in [0.5, 0.6) is 0 Å². The maximum Gasteiger partial charge on any atom is 0.358 e. The van der Waals surface area contributed by atoms with Crippen LogP contribution in [-0.4, -0.2) is 34.3 Å². The number of nitrogens with one attached hydrogen (secondary N) is 1. The monoisotopic (exact) mass is 517 g/mol. The minimum Gasteiger partial charge on any atom is -0.461 e. The summed E-state index contributed by atoms with van der Waals surface area (Å²) in [5, 5.41) is 9.89. The molecule has 1 unspecified atom stereocenters. The van der Waals surface area contributed by atoms with Crippen molar-refractivity contribution < 1.29 is 14.3 Å². The summed E-state index contributed by atoms with van der Waals surface area (Å²) in [6, 6.07) is 33.6. The molecule has 0 bridgehead atoms. The highest BCUT2D eigenvalue weighted by Crippen LogP contribution is 2.28. The average Bonchev–Trinajstić information content (AvgIpc) is 3.42. The first-order chi connectivity index (χ1) is 19.0. The molecule has 1 aromatic heterocycles. The van der Waals surface area contributed by atoms with Gasteiger partial charge < -0.3 is 10.1 Å². The number of benzene rings is 4. The van der Waals surface area contributed by atoms with Gasteiger partial charge in [-0.25, -0.2) is 9.48 Å². The van der Waals surface area contributed by atoms with Crippen molar-refractivity contribution in [3.8, 4) is 16.9 Å². The predicted molar refractivity (Wildman–Crippen MR) is 154 cm³/mol. The van der Waals surface area contributed by atoms with Gasteiger partial charge in [-0.1, -0.05) is 66.7 Å². The molecule has 0 fully saturated rings. The fourth-order valence-electron chi connectivity index (χ4n) is 4.60. The normalized spacial score (nSPS) is 11.7. The lowest BCUT2D eigenvalue weighted by molar-refractivity contribution is 0.0518. The van der Waals surface area contributed by atoms with Gasteiger partial charge in [-0.05, 0) is 79.4 Å². The number of fused-ring (bicyclic) bond motifs is 1. The standard InChI is InChI=1S/C33H31N3O3/c1-3-39-33(38)30-22-31(28-16-15-25-11-7-8-12-27(25)21-28)36(35-30)29-19-17-26(18-20-29)32(37)34-23(2)13-14-24-9-5-4-6-10-24/h4-12,15-23H,3,13-14H2,1-2H3,(H,34,37). The summed E-state index contributed by atoms with van der Waals surface area (Å²) in [6.07, 6.45) is 1.76. The number of aryl methyl sites for hydroxylation is 1. The second kappa shape index (κ2) is 11.8. The number of hydrogen-bond acceptors (Lipinski definition) is 4. The van der Waals surface area contributed by atoms with Crippen molar-refractivity contribution in [2.75, 3.05) is 6.61 Å². The quantitative estimate of drug-likeness (QED) is 0.223. The lowest BCUT2D eigenvalue weighted by Crippen LogP contribution is -2.32. The molecule has 5 aromatic rings. The largest absolute Gasteiger partial charge is 0.461 e. The third-order valence-corrected chi connectivity index (χ3v) is 6.70. The second-order valence-electron chi connectivity index (χ2n) is 9.55. The van der Waals surface area contributed by atoms with Crippen LogP contribution < -0.4 is 5.32 Å². The SMILES string of the molecule is CCOC(=O)c1cc(-c2ccc3ccccc3c2)n(-c2ccc(C(=O)NC(C)CCc3ccccc3)cc2)n1. The molecule has 0 saturated heterocycles. The van der Waals surface area contributed by atoms with E-state index in [4.69, 9.17) is 4.74 Å². The number of carbonyl (C=O) groups excluding carboxylic acids is 2. The molecule has 0 spiro atoms. The molecule has 0 saturated carbocycles. The van der Waals surface area contributed by atoms with E-state index >= 15 is 0 Å². The molecule has 0 aliphatic carbocycles. The van der Waals surface area contributed by atoms with Gasteiger partial charge in [0.15, 0.2) is 5.69 Å². The van der Waals surface area contributed by atoms with Gasteiger partial charge >= 0.3 is 5.97 Å². The number of ether oxygens (including phenoxy) is 1. The molecular formula is C33H31N3O3. The number of rotatable bonds is 9. The first kappa shape index (κ1) is 25.9. The predicted octanol–water partition coefficient (Wildman–Crippen LogP) is 6.62. The zero-order valence-electron chi connectivity index (χ0n) is 22.1. The van der Waals surface area contributed by atoms with Crippen molar-refractivity contribution in [2.24, 2.45) is 0 Å². The minimum absolute atomic E-state index is 0.0372. The molecule has 1 N–H and O–H groups in total. The van der Waals surface area contributed by atoms with Gasteiger partial charge in [-0.15, -0.1) is 0 Å². The molecule has 5 rings (SSSR count). The van der Waals surface area contributed by atoms with Crippen LogP contribution in [0.2, 0.25) is 0 Å². The molecule has 0 radical (unpaired) electrons. The number of aromatic nitrogens is 2. The van der Waals surface area contributed by atoms with E-state index in [1.54, 1.807) is 29.8 Å². The summed E-state index contributed by atoms with van der Waals surface area (Å²) in [7, 11) is 0. The number of carbonyl (C=O) groups is 2. The molecule has 196 valence electrons. The summed E-state index contributed by atoms with van der Waals surface area (Å²) in [5.41, 5.74) is 4.47. The Morgan fingerprint density at radius 3 is 2.33 bits per heavy atom. The van der Waals surface area contributed by atoms with Crippen LogP contribution in [0.25, 0.3) is 27.7 Å². The lowest BCUT2D eigenvalue weighted by atomic mass is 10.0. The van der Waals surface area contributed by atoms with Crippen LogP contribution >= 0.6 is 0 Å². The van der Waals surface area contributed by atoms with E-state index in [1.807, 2.05) is 55.5 Å². The Kier molecular flexibility index (Phi) is 7.83. The number of amides is 1. The zero-order chi connectivity index (χ0) is 27.2. The van der Waals surface area contributed by atoms with Crippen LogP contribution in [-0.2, 0) is 11.2 Å². The molecular weight excluding hydrogens is 486 g/mol. The zero-order valence-corrected chi connectivity index (χ0v) is 22.1. The molecule has 0 aliphatic heterocycles. The van der Waals surface area contributed by atoms with E-state index < -0.39 is 5.97 Å². The van der Waals surface area contributed by atoms with E-state index in [9.17, 15) is 9.59 Å². The van der Waals surface area contributed by atoms with Gasteiger partial charge in [0.1, 0.15) is 0 Å². The van der Waals surface area contributed by atoms with Gasteiger partial charge in [0, 0.05) is 17.2 Å². The van der Waals surface area contributed by atoms with E-state index in [0.717, 1.165) is 40.6 Å². The first-order valence-corrected chi connectivity index (χ1v) is 13.2. The highest BCUT2D eigenvalue weighted by atomic mass is 16.5. The number of esters is 1. The summed E-state index contributed by atoms with van der Waals surface area (Å²) < 4.78 is 6.93. The van der Waals surface area contributed by atoms with Crippen molar-refractivity contribution >= 4 is 22.6 Å². The molecule has 0 aliphatic rings. The average molecular weight is 518 g/mol. The van der Waals surface area contributed by atoms with E-state index in [0.29, 0.717) is 5.56 Å². The molecule has 1 amide bonds. The van der Waals surface area contributed by atoms with Gasteiger partial charge in [-0.3, -0.25) is 4.79 Å². The molecule has 1 heterocycles. The third-order valence-electron chi connectivity index (χ3n) is 6.70. The van der Waals surface area contributed by atoms with Crippen LogP contribution in [0.4, 0.5) is 0 Å². The van der Waals surface area contributed by atoms with Crippen LogP contribution in [0, 0.1) is 0 Å². The number of nitrogens with zero attached hydrogens (tertiary/aromatic N) is 2. The molecule has 6 nitrogen and oxygen atoms in total. The van der Waals surface area contributed by atoms with Crippen molar-refractivity contribution in [3.05, 3.63) is 120 Å². The van der Waals surface area contributed by atoms with E-state index in [-0.39, 0.29) is 24.2 Å². The Morgan fingerprint density at radius 2 is 1.59 bits per heavy atom. The maximum absolute atomic E-state index is 12.9. The Bertz CT molecular complexity index is 1590. The topological polar surface area (TPSA) is 73.2 Å². The Labute approximate surface area is 228 Å². The summed E-state index contributed by atoms with van der Waals surface area (Å²) in [5.74, 6) is -0.594. The summed E-state index contributed by atoms with van der Waals surface area (Å²) in [4.78, 5) is 25.4. The Hall–Kier alpha value is -4.71. The third kappa shape index (κ3) is 6.07. The van der Waals surface area contributed by atoms with Crippen molar-refractivity contribution in [1.29, 1.82) is 0 Å². The molecule has 39 heavy (non-hydrogen) atoms. The number of hydrogen-bond donors (Lipinski definition) is 1. The fraction of sp³-hybridized carbons (Fsp3) is 0.182. The minimum atomic E-state index is -0.473. The van der Waals surface area contributed by atoms with Crippen LogP contribution in [0.1, 0.15) is 46.7 Å².